The van der Waals surface area contributed by atoms with Crippen molar-refractivity contribution in [3.63, 3.8) is 0 Å². The minimum Gasteiger partial charge on any atom is -0.492 e. The number of aromatic amines is 1. The van der Waals surface area contributed by atoms with E-state index in [0.29, 0.717) is 41.3 Å². The number of rotatable bonds is 10. The van der Waals surface area contributed by atoms with Gasteiger partial charge in [-0.15, -0.1) is 0 Å². The number of para-hydroxylation sites is 1. The molecular formula is C31H29ClN6O3. The Hall–Kier alpha value is -4.65. The van der Waals surface area contributed by atoms with Crippen LogP contribution in [0.1, 0.15) is 56.8 Å². The average molecular weight is 569 g/mol. The van der Waals surface area contributed by atoms with Crippen molar-refractivity contribution in [3.8, 4) is 11.8 Å². The maximum atomic E-state index is 13.4. The quantitative estimate of drug-likeness (QED) is 0.226. The van der Waals surface area contributed by atoms with Crippen molar-refractivity contribution in [2.75, 3.05) is 6.61 Å². The number of H-pyrrole nitrogens is 1. The largest absolute Gasteiger partial charge is 0.492 e. The molecule has 9 nitrogen and oxygen atoms in total. The number of nitriles is 1. The highest BCUT2D eigenvalue weighted by atomic mass is 35.5. The summed E-state index contributed by atoms with van der Waals surface area (Å²) in [4.78, 5) is 33.0. The number of primary amides is 1. The normalized spacial score (nSPS) is 15.6. The van der Waals surface area contributed by atoms with E-state index in [9.17, 15) is 9.59 Å². The first-order valence-corrected chi connectivity index (χ1v) is 13.6. The van der Waals surface area contributed by atoms with Gasteiger partial charge in [0.15, 0.2) is 0 Å². The van der Waals surface area contributed by atoms with Crippen LogP contribution < -0.4 is 21.1 Å². The molecule has 5 rings (SSSR count). The highest BCUT2D eigenvalue weighted by molar-refractivity contribution is 6.30. The zero-order valence-corrected chi connectivity index (χ0v) is 22.9. The van der Waals surface area contributed by atoms with Crippen molar-refractivity contribution in [1.82, 2.24) is 20.6 Å². The number of hydrogen-bond donors (Lipinski definition) is 4. The Labute approximate surface area is 242 Å². The van der Waals surface area contributed by atoms with Crippen molar-refractivity contribution in [3.05, 3.63) is 118 Å². The molecule has 208 valence electrons. The molecule has 0 spiro atoms. The molecule has 3 aromatic carbocycles. The molecule has 3 atom stereocenters. The monoisotopic (exact) mass is 568 g/mol. The zero-order valence-electron chi connectivity index (χ0n) is 22.1. The number of aromatic nitrogens is 2. The van der Waals surface area contributed by atoms with Gasteiger partial charge < -0.3 is 26.1 Å². The molecule has 4 aromatic rings. The lowest BCUT2D eigenvalue weighted by Gasteiger charge is -2.31. The molecule has 41 heavy (non-hydrogen) atoms. The van der Waals surface area contributed by atoms with Crippen molar-refractivity contribution in [2.24, 2.45) is 5.73 Å². The Kier molecular flexibility index (Phi) is 8.63. The van der Waals surface area contributed by atoms with Crippen LogP contribution in [0, 0.1) is 11.3 Å². The third-order valence-electron chi connectivity index (χ3n) is 7.14. The van der Waals surface area contributed by atoms with Crippen LogP contribution in [0.25, 0.3) is 0 Å². The first-order valence-electron chi connectivity index (χ1n) is 13.2. The van der Waals surface area contributed by atoms with Crippen LogP contribution in [-0.2, 0) is 17.6 Å². The summed E-state index contributed by atoms with van der Waals surface area (Å²) < 4.78 is 6.01. The van der Waals surface area contributed by atoms with Gasteiger partial charge in [-0.05, 0) is 47.9 Å². The van der Waals surface area contributed by atoms with Crippen LogP contribution in [0.15, 0.2) is 79.3 Å². The number of benzene rings is 3. The van der Waals surface area contributed by atoms with Crippen molar-refractivity contribution >= 4 is 23.4 Å². The molecule has 0 saturated carbocycles. The number of amides is 2. The third-order valence-corrected chi connectivity index (χ3v) is 7.39. The van der Waals surface area contributed by atoms with E-state index in [2.05, 4.69) is 26.7 Å². The highest BCUT2D eigenvalue weighted by Gasteiger charge is 2.30. The number of imidazole rings is 1. The zero-order chi connectivity index (χ0) is 28.8. The second-order valence-corrected chi connectivity index (χ2v) is 10.3. The van der Waals surface area contributed by atoms with Gasteiger partial charge in [-0.1, -0.05) is 48.0 Å². The summed E-state index contributed by atoms with van der Waals surface area (Å²) in [5.74, 6) is -0.600. The molecule has 0 aliphatic carbocycles. The topological polar surface area (TPSA) is 146 Å². The summed E-state index contributed by atoms with van der Waals surface area (Å²) in [6.07, 6.45) is 5.01. The minimum atomic E-state index is -0.908. The van der Waals surface area contributed by atoms with Gasteiger partial charge in [-0.3, -0.25) is 9.59 Å². The molecule has 2 unspecified atom stereocenters. The third kappa shape index (κ3) is 6.74. The summed E-state index contributed by atoms with van der Waals surface area (Å²) >= 11 is 5.97. The summed E-state index contributed by atoms with van der Waals surface area (Å²) in [5.41, 5.74) is 10.2. The second-order valence-electron chi connectivity index (χ2n) is 9.91. The smallest absolute Gasteiger partial charge is 0.255 e. The molecule has 0 bridgehead atoms. The van der Waals surface area contributed by atoms with Crippen LogP contribution >= 0.6 is 11.6 Å². The summed E-state index contributed by atoms with van der Waals surface area (Å²) in [6.45, 7) is 0.408. The Morgan fingerprint density at radius 2 is 1.83 bits per heavy atom. The number of hydrogen-bond acceptors (Lipinski definition) is 6. The van der Waals surface area contributed by atoms with Gasteiger partial charge in [0.25, 0.3) is 5.91 Å². The maximum absolute atomic E-state index is 13.4. The fourth-order valence-corrected chi connectivity index (χ4v) is 5.13. The lowest BCUT2D eigenvalue weighted by atomic mass is 9.94. The lowest BCUT2D eigenvalue weighted by Crippen LogP contribution is -2.46. The molecule has 10 heteroatoms. The Bertz CT molecular complexity index is 1550. The van der Waals surface area contributed by atoms with Crippen molar-refractivity contribution in [2.45, 2.75) is 37.4 Å². The molecular weight excluding hydrogens is 540 g/mol. The average Bonchev–Trinajstić information content (AvgIpc) is 3.53. The number of nitrogens with two attached hydrogens (primary N) is 1. The molecule has 5 N–H and O–H groups in total. The fourth-order valence-electron chi connectivity index (χ4n) is 5.00. The molecule has 0 saturated heterocycles. The van der Waals surface area contributed by atoms with E-state index in [1.165, 1.54) is 0 Å². The number of nitrogens with one attached hydrogen (secondary N) is 3. The first-order chi connectivity index (χ1) is 19.9. The number of ether oxygens (including phenoxy) is 1. The van der Waals surface area contributed by atoms with E-state index < -0.39 is 17.9 Å². The SMILES string of the molecule is N#Cc1ccc(CC(NC2CCOc3c(C(=O)N[C@@H](Cc4ccc(Cl)cc4)C(N)=O)cccc32)c2cnc[nH]2)cc1. The molecule has 2 amide bonds. The van der Waals surface area contributed by atoms with Gasteiger partial charge in [0.05, 0.1) is 41.9 Å². The number of nitrogens with zero attached hydrogens (tertiary/aromatic N) is 2. The Balaban J connectivity index is 1.36. The number of halogens is 1. The first kappa shape index (κ1) is 27.9. The number of carbonyl (C=O) groups is 2. The standard InChI is InChI=1S/C31H29ClN6O3/c32-22-10-8-20(9-11-22)15-27(30(34)39)38-31(40)24-3-1-2-23-25(12-13-41-29(23)24)37-26(28-17-35-18-36-28)14-19-4-6-21(16-33)7-5-19/h1-11,17-18,25-27,37H,12-15H2,(H2,34,39)(H,35,36)(H,38,40)/t25?,26?,27-/m0/s1. The van der Waals surface area contributed by atoms with E-state index in [1.54, 1.807) is 61.1 Å². The molecule has 1 aliphatic heterocycles. The van der Waals surface area contributed by atoms with E-state index in [0.717, 1.165) is 22.4 Å². The molecule has 2 heterocycles. The van der Waals surface area contributed by atoms with Gasteiger partial charge in [0.1, 0.15) is 11.8 Å². The Morgan fingerprint density at radius 1 is 1.10 bits per heavy atom. The molecule has 0 radical (unpaired) electrons. The van der Waals surface area contributed by atoms with Crippen molar-refractivity contribution < 1.29 is 14.3 Å². The van der Waals surface area contributed by atoms with Crippen LogP contribution in [0.5, 0.6) is 5.75 Å². The number of carbonyl (C=O) groups excluding carboxylic acids is 2. The van der Waals surface area contributed by atoms with E-state index in [-0.39, 0.29) is 18.5 Å². The fraction of sp³-hybridized carbons (Fsp3) is 0.226. The molecule has 1 aliphatic rings. The summed E-state index contributed by atoms with van der Waals surface area (Å²) in [5, 5.41) is 16.2. The van der Waals surface area contributed by atoms with Gasteiger partial charge in [-0.2, -0.15) is 5.26 Å². The lowest BCUT2D eigenvalue weighted by molar-refractivity contribution is -0.119. The predicted molar refractivity (Wildman–Crippen MR) is 154 cm³/mol. The van der Waals surface area contributed by atoms with Crippen LogP contribution in [0.3, 0.4) is 0 Å². The van der Waals surface area contributed by atoms with Crippen LogP contribution in [0.2, 0.25) is 5.02 Å². The molecule has 0 fully saturated rings. The highest BCUT2D eigenvalue weighted by Crippen LogP contribution is 2.37. The number of fused-ring (bicyclic) bond motifs is 1. The van der Waals surface area contributed by atoms with Crippen LogP contribution in [0.4, 0.5) is 0 Å². The molecule has 1 aromatic heterocycles. The minimum absolute atomic E-state index is 0.112. The van der Waals surface area contributed by atoms with E-state index in [1.807, 2.05) is 18.2 Å². The van der Waals surface area contributed by atoms with Gasteiger partial charge in [0.2, 0.25) is 5.91 Å². The summed E-state index contributed by atoms with van der Waals surface area (Å²) in [6, 6.07) is 21.0. The van der Waals surface area contributed by atoms with Crippen molar-refractivity contribution in [1.29, 1.82) is 5.26 Å². The predicted octanol–water partition coefficient (Wildman–Crippen LogP) is 4.16. The van der Waals surface area contributed by atoms with E-state index in [4.69, 9.17) is 27.3 Å². The Morgan fingerprint density at radius 3 is 2.51 bits per heavy atom. The van der Waals surface area contributed by atoms with Gasteiger partial charge in [-0.25, -0.2) is 4.98 Å². The van der Waals surface area contributed by atoms with Gasteiger partial charge >= 0.3 is 0 Å². The van der Waals surface area contributed by atoms with Gasteiger partial charge in [0, 0.05) is 35.7 Å². The van der Waals surface area contributed by atoms with E-state index >= 15 is 0 Å². The maximum Gasteiger partial charge on any atom is 0.255 e. The second kappa shape index (κ2) is 12.7. The summed E-state index contributed by atoms with van der Waals surface area (Å²) in [7, 11) is 0. The van der Waals surface area contributed by atoms with Crippen LogP contribution in [-0.4, -0.2) is 34.4 Å².